The van der Waals surface area contributed by atoms with Crippen molar-refractivity contribution in [1.29, 1.82) is 0 Å². The number of aromatic nitrogens is 2. The van der Waals surface area contributed by atoms with E-state index < -0.39 is 0 Å². The van der Waals surface area contributed by atoms with E-state index in [1.165, 1.54) is 4.68 Å². The predicted octanol–water partition coefficient (Wildman–Crippen LogP) is 6.20. The summed E-state index contributed by atoms with van der Waals surface area (Å²) >= 11 is 10.4. The minimum atomic E-state index is -0.274. The molecule has 1 amide bonds. The van der Waals surface area contributed by atoms with Crippen LogP contribution in [0, 0.1) is 13.8 Å². The van der Waals surface area contributed by atoms with Gasteiger partial charge in [-0.15, -0.1) is 0 Å². The van der Waals surface area contributed by atoms with Crippen molar-refractivity contribution in [2.24, 2.45) is 5.10 Å². The molecule has 0 aliphatic carbocycles. The Labute approximate surface area is 226 Å². The Kier molecular flexibility index (Phi) is 7.83. The van der Waals surface area contributed by atoms with Gasteiger partial charge in [0.15, 0.2) is 6.61 Å². The van der Waals surface area contributed by atoms with Gasteiger partial charge in [0.05, 0.1) is 26.1 Å². The van der Waals surface area contributed by atoms with Crippen molar-refractivity contribution in [2.75, 3.05) is 11.9 Å². The third-order valence-corrected chi connectivity index (χ3v) is 6.67. The third kappa shape index (κ3) is 6.06. The summed E-state index contributed by atoms with van der Waals surface area (Å²) in [5.41, 5.74) is 2.87. The molecule has 0 bridgehead atoms. The number of fused-ring (bicyclic) bond motifs is 1. The number of nitrogens with zero attached hydrogens (tertiary/aromatic N) is 3. The van der Waals surface area contributed by atoms with Gasteiger partial charge in [0.1, 0.15) is 11.6 Å². The summed E-state index contributed by atoms with van der Waals surface area (Å²) in [6.07, 6.45) is 1.56. The van der Waals surface area contributed by atoms with Crippen LogP contribution in [0.3, 0.4) is 0 Å². The minimum absolute atomic E-state index is 0.161. The highest BCUT2D eigenvalue weighted by molar-refractivity contribution is 9.11. The van der Waals surface area contributed by atoms with Crippen LogP contribution in [0.4, 0.5) is 5.69 Å². The lowest BCUT2D eigenvalue weighted by molar-refractivity contribution is -0.118. The molecule has 0 saturated heterocycles. The summed E-state index contributed by atoms with van der Waals surface area (Å²) in [4.78, 5) is 29.7. The van der Waals surface area contributed by atoms with Crippen molar-refractivity contribution in [1.82, 2.24) is 9.66 Å². The zero-order valence-electron chi connectivity index (χ0n) is 18.7. The molecular weight excluding hydrogens is 644 g/mol. The summed E-state index contributed by atoms with van der Waals surface area (Å²) in [5.74, 6) is 0.675. The van der Waals surface area contributed by atoms with Gasteiger partial charge in [-0.05, 0) is 93.7 Å². The van der Waals surface area contributed by atoms with E-state index >= 15 is 0 Å². The second kappa shape index (κ2) is 10.8. The first-order valence-electron chi connectivity index (χ1n) is 10.4. The molecule has 35 heavy (non-hydrogen) atoms. The monoisotopic (exact) mass is 660 g/mol. The number of ether oxygens (including phenoxy) is 1. The Morgan fingerprint density at radius 1 is 1.06 bits per heavy atom. The van der Waals surface area contributed by atoms with Gasteiger partial charge in [-0.1, -0.05) is 33.6 Å². The summed E-state index contributed by atoms with van der Waals surface area (Å²) in [6, 6.07) is 16.4. The number of hydrogen-bond acceptors (Lipinski definition) is 5. The van der Waals surface area contributed by atoms with Crippen LogP contribution in [0.15, 0.2) is 77.9 Å². The Balaban J connectivity index is 1.50. The maximum Gasteiger partial charge on any atom is 0.282 e. The van der Waals surface area contributed by atoms with Crippen molar-refractivity contribution < 1.29 is 9.53 Å². The molecule has 0 aliphatic heterocycles. The molecule has 0 unspecified atom stereocenters. The van der Waals surface area contributed by atoms with Crippen molar-refractivity contribution >= 4 is 76.5 Å². The van der Waals surface area contributed by atoms with Crippen LogP contribution in [0.1, 0.15) is 17.0 Å². The smallest absolute Gasteiger partial charge is 0.282 e. The first kappa shape index (κ1) is 25.3. The maximum atomic E-state index is 12.9. The van der Waals surface area contributed by atoms with Gasteiger partial charge in [-0.25, -0.2) is 4.98 Å². The first-order chi connectivity index (χ1) is 16.7. The standard InChI is InChI=1S/C25H19Br3N4O3/c1-14-3-6-18(7-4-14)31-23(33)13-35-24-20(27)9-16(10-21(24)28)12-29-32-15(2)30-22-8-5-17(26)11-19(22)25(32)34/h3-12H,13H2,1-2H3,(H,31,33). The first-order valence-corrected chi connectivity index (χ1v) is 12.8. The van der Waals surface area contributed by atoms with E-state index in [1.54, 1.807) is 37.4 Å². The van der Waals surface area contributed by atoms with Crippen molar-refractivity contribution in [3.05, 3.63) is 95.3 Å². The molecule has 1 aromatic heterocycles. The van der Waals surface area contributed by atoms with Gasteiger partial charge >= 0.3 is 0 Å². The molecule has 10 heteroatoms. The molecule has 0 saturated carbocycles. The SMILES string of the molecule is Cc1ccc(NC(=O)COc2c(Br)cc(C=Nn3c(C)nc4ccc(Br)cc4c3=O)cc2Br)cc1. The number of benzene rings is 3. The van der Waals surface area contributed by atoms with Gasteiger partial charge in [-0.2, -0.15) is 9.78 Å². The zero-order valence-corrected chi connectivity index (χ0v) is 23.4. The minimum Gasteiger partial charge on any atom is -0.481 e. The van der Waals surface area contributed by atoms with Crippen LogP contribution >= 0.6 is 47.8 Å². The molecule has 4 aromatic rings. The van der Waals surface area contributed by atoms with Crippen molar-refractivity contribution in [2.45, 2.75) is 13.8 Å². The highest BCUT2D eigenvalue weighted by atomic mass is 79.9. The van der Waals surface area contributed by atoms with Crippen LogP contribution in [0.5, 0.6) is 5.75 Å². The van der Waals surface area contributed by atoms with E-state index in [2.05, 4.69) is 63.2 Å². The summed E-state index contributed by atoms with van der Waals surface area (Å²) in [7, 11) is 0. The van der Waals surface area contributed by atoms with E-state index in [-0.39, 0.29) is 18.1 Å². The lowest BCUT2D eigenvalue weighted by atomic mass is 10.2. The molecule has 3 aromatic carbocycles. The number of aryl methyl sites for hydroxylation is 2. The Hall–Kier alpha value is -2.82. The highest BCUT2D eigenvalue weighted by Crippen LogP contribution is 2.34. The molecule has 1 N–H and O–H groups in total. The Morgan fingerprint density at radius 3 is 2.43 bits per heavy atom. The number of rotatable bonds is 6. The molecule has 0 fully saturated rings. The molecule has 0 spiro atoms. The van der Waals surface area contributed by atoms with E-state index in [0.29, 0.717) is 42.7 Å². The second-order valence-corrected chi connectivity index (χ2v) is 10.3. The molecule has 0 atom stereocenters. The molecular formula is C25H19Br3N4O3. The Morgan fingerprint density at radius 2 is 1.74 bits per heavy atom. The highest BCUT2D eigenvalue weighted by Gasteiger charge is 2.12. The average molecular weight is 663 g/mol. The number of carbonyl (C=O) groups excluding carboxylic acids is 1. The summed E-state index contributed by atoms with van der Waals surface area (Å²) in [5, 5.41) is 7.62. The number of anilines is 1. The van der Waals surface area contributed by atoms with Crippen molar-refractivity contribution in [3.63, 3.8) is 0 Å². The largest absolute Gasteiger partial charge is 0.481 e. The predicted molar refractivity (Wildman–Crippen MR) is 149 cm³/mol. The van der Waals surface area contributed by atoms with Gasteiger partial charge in [0.2, 0.25) is 0 Å². The Bertz CT molecular complexity index is 1490. The van der Waals surface area contributed by atoms with Gasteiger partial charge in [-0.3, -0.25) is 9.59 Å². The van der Waals surface area contributed by atoms with Crippen LogP contribution < -0.4 is 15.6 Å². The second-order valence-electron chi connectivity index (χ2n) is 7.70. The molecule has 7 nitrogen and oxygen atoms in total. The number of amides is 1. The van der Waals surface area contributed by atoms with E-state index in [4.69, 9.17) is 4.74 Å². The van der Waals surface area contributed by atoms with Crippen LogP contribution in [0.2, 0.25) is 0 Å². The van der Waals surface area contributed by atoms with Crippen LogP contribution in [0.25, 0.3) is 10.9 Å². The van der Waals surface area contributed by atoms with Crippen LogP contribution in [-0.2, 0) is 4.79 Å². The topological polar surface area (TPSA) is 85.6 Å². The fourth-order valence-electron chi connectivity index (χ4n) is 3.28. The van der Waals surface area contributed by atoms with Gasteiger partial charge in [0.25, 0.3) is 11.5 Å². The van der Waals surface area contributed by atoms with E-state index in [1.807, 2.05) is 37.3 Å². The molecule has 0 aliphatic rings. The quantitative estimate of drug-likeness (QED) is 0.249. The fourth-order valence-corrected chi connectivity index (χ4v) is 5.10. The number of nitrogens with one attached hydrogen (secondary N) is 1. The van der Waals surface area contributed by atoms with Gasteiger partial charge < -0.3 is 10.1 Å². The zero-order chi connectivity index (χ0) is 25.1. The number of hydrogen-bond donors (Lipinski definition) is 1. The number of halogens is 3. The number of carbonyl (C=O) groups is 1. The third-order valence-electron chi connectivity index (χ3n) is 5.00. The average Bonchev–Trinajstić information content (AvgIpc) is 2.80. The lowest BCUT2D eigenvalue weighted by Crippen LogP contribution is -2.20. The molecule has 178 valence electrons. The maximum absolute atomic E-state index is 12.9. The van der Waals surface area contributed by atoms with E-state index in [0.717, 1.165) is 10.0 Å². The van der Waals surface area contributed by atoms with E-state index in [9.17, 15) is 9.59 Å². The lowest BCUT2D eigenvalue weighted by Gasteiger charge is -2.12. The molecule has 1 heterocycles. The van der Waals surface area contributed by atoms with Crippen molar-refractivity contribution in [3.8, 4) is 5.75 Å². The summed E-state index contributed by atoms with van der Waals surface area (Å²) in [6.45, 7) is 3.55. The summed E-state index contributed by atoms with van der Waals surface area (Å²) < 4.78 is 9.02. The normalized spacial score (nSPS) is 11.2. The van der Waals surface area contributed by atoms with Crippen LogP contribution in [-0.4, -0.2) is 28.4 Å². The fraction of sp³-hybridized carbons (Fsp3) is 0.120. The molecule has 0 radical (unpaired) electrons. The molecule has 4 rings (SSSR count). The van der Waals surface area contributed by atoms with Gasteiger partial charge in [0, 0.05) is 10.2 Å².